The average molecular weight is 367 g/mol. The molecule has 2 heteroatoms. The molecule has 0 fully saturated rings. The largest absolute Gasteiger partial charge is 0.0695 e. The van der Waals surface area contributed by atoms with Gasteiger partial charge in [0.2, 0.25) is 0 Å². The van der Waals surface area contributed by atoms with Crippen molar-refractivity contribution in [2.24, 2.45) is 0 Å². The standard InChI is InChI=1S/C23H34Si2/c1-23(16-24(2,3)4,17-25(5,6)7)20-12-13-22-19(15-20)14-18-10-8-9-11-21(18)22/h8-13,15H,14,16-17H2,1-7H3. The first-order valence-electron chi connectivity index (χ1n) is 9.69. The molecule has 1 aliphatic carbocycles. The van der Waals surface area contributed by atoms with Crippen LogP contribution in [0, 0.1) is 0 Å². The number of fused-ring (bicyclic) bond motifs is 3. The predicted molar refractivity (Wildman–Crippen MR) is 118 cm³/mol. The van der Waals surface area contributed by atoms with Gasteiger partial charge in [-0.15, -0.1) is 0 Å². The van der Waals surface area contributed by atoms with E-state index in [4.69, 9.17) is 0 Å². The fraction of sp³-hybridized carbons (Fsp3) is 0.478. The Kier molecular flexibility index (Phi) is 4.66. The molecule has 0 N–H and O–H groups in total. The molecule has 0 nitrogen and oxygen atoms in total. The van der Waals surface area contributed by atoms with Gasteiger partial charge in [-0.2, -0.15) is 0 Å². The summed E-state index contributed by atoms with van der Waals surface area (Å²) in [6.07, 6.45) is 1.11. The van der Waals surface area contributed by atoms with Crippen LogP contribution in [0.15, 0.2) is 42.5 Å². The summed E-state index contributed by atoms with van der Waals surface area (Å²) in [7, 11) is -2.28. The van der Waals surface area contributed by atoms with E-state index in [-0.39, 0.29) is 0 Å². The molecule has 2 aromatic carbocycles. The van der Waals surface area contributed by atoms with Gasteiger partial charge in [0, 0.05) is 16.1 Å². The molecule has 0 amide bonds. The van der Waals surface area contributed by atoms with Gasteiger partial charge < -0.3 is 0 Å². The maximum atomic E-state index is 2.55. The van der Waals surface area contributed by atoms with E-state index >= 15 is 0 Å². The SMILES string of the molecule is CC(C[Si](C)(C)C)(C[Si](C)(C)C)c1ccc2c(c1)Cc1ccccc1-2. The second kappa shape index (κ2) is 6.24. The van der Waals surface area contributed by atoms with E-state index in [0.29, 0.717) is 5.41 Å². The highest BCUT2D eigenvalue weighted by Crippen LogP contribution is 2.44. The zero-order valence-corrected chi connectivity index (χ0v) is 19.2. The van der Waals surface area contributed by atoms with Crippen LogP contribution in [-0.4, -0.2) is 16.1 Å². The lowest BCUT2D eigenvalue weighted by molar-refractivity contribution is 0.569. The van der Waals surface area contributed by atoms with Gasteiger partial charge in [0.25, 0.3) is 0 Å². The Hall–Kier alpha value is -1.13. The van der Waals surface area contributed by atoms with Crippen LogP contribution >= 0.6 is 0 Å². The lowest BCUT2D eigenvalue weighted by atomic mass is 9.84. The van der Waals surface area contributed by atoms with Crippen molar-refractivity contribution in [3.63, 3.8) is 0 Å². The molecule has 0 heterocycles. The Morgan fingerprint density at radius 3 is 1.92 bits per heavy atom. The number of benzene rings is 2. The molecule has 0 saturated heterocycles. The van der Waals surface area contributed by atoms with Crippen LogP contribution in [0.3, 0.4) is 0 Å². The number of rotatable bonds is 5. The molecule has 1 aliphatic rings. The molecule has 0 atom stereocenters. The molecule has 3 rings (SSSR count). The summed E-state index contributed by atoms with van der Waals surface area (Å²) >= 11 is 0. The van der Waals surface area contributed by atoms with Crippen LogP contribution in [0.2, 0.25) is 51.4 Å². The Morgan fingerprint density at radius 2 is 1.32 bits per heavy atom. The molecule has 25 heavy (non-hydrogen) atoms. The van der Waals surface area contributed by atoms with Crippen molar-refractivity contribution in [2.75, 3.05) is 0 Å². The first kappa shape index (κ1) is 18.7. The maximum absolute atomic E-state index is 2.55. The first-order valence-corrected chi connectivity index (χ1v) is 17.1. The van der Waals surface area contributed by atoms with E-state index in [1.807, 2.05) is 0 Å². The Balaban J connectivity index is 2.02. The number of hydrogen-bond acceptors (Lipinski definition) is 0. The van der Waals surface area contributed by atoms with Crippen molar-refractivity contribution >= 4 is 16.1 Å². The number of hydrogen-bond donors (Lipinski definition) is 0. The third-order valence-corrected chi connectivity index (χ3v) is 9.01. The summed E-state index contributed by atoms with van der Waals surface area (Å²) < 4.78 is 0. The quantitative estimate of drug-likeness (QED) is 0.419. The van der Waals surface area contributed by atoms with Gasteiger partial charge >= 0.3 is 0 Å². The van der Waals surface area contributed by atoms with E-state index < -0.39 is 16.1 Å². The third-order valence-electron chi connectivity index (χ3n) is 5.33. The summed E-state index contributed by atoms with van der Waals surface area (Å²) in [6, 6.07) is 19.1. The minimum atomic E-state index is -1.14. The molecule has 0 radical (unpaired) electrons. The maximum Gasteiger partial charge on any atom is 0.0451 e. The first-order chi connectivity index (χ1) is 11.5. The van der Waals surface area contributed by atoms with Crippen molar-refractivity contribution in [3.05, 3.63) is 59.2 Å². The molecule has 0 aromatic heterocycles. The molecule has 2 aromatic rings. The van der Waals surface area contributed by atoms with Crippen molar-refractivity contribution < 1.29 is 0 Å². The van der Waals surface area contributed by atoms with Gasteiger partial charge in [0.1, 0.15) is 0 Å². The van der Waals surface area contributed by atoms with Gasteiger partial charge in [-0.25, -0.2) is 0 Å². The topological polar surface area (TPSA) is 0 Å². The van der Waals surface area contributed by atoms with Crippen LogP contribution in [0.4, 0.5) is 0 Å². The van der Waals surface area contributed by atoms with Crippen molar-refractivity contribution in [2.45, 2.75) is 70.1 Å². The van der Waals surface area contributed by atoms with Crippen LogP contribution in [0.1, 0.15) is 23.6 Å². The van der Waals surface area contributed by atoms with Crippen molar-refractivity contribution in [3.8, 4) is 11.1 Å². The van der Waals surface area contributed by atoms with Crippen molar-refractivity contribution in [1.29, 1.82) is 0 Å². The highest BCUT2D eigenvalue weighted by Gasteiger charge is 2.37. The van der Waals surface area contributed by atoms with E-state index in [0.717, 1.165) is 6.42 Å². The van der Waals surface area contributed by atoms with Crippen molar-refractivity contribution in [1.82, 2.24) is 0 Å². The summed E-state index contributed by atoms with van der Waals surface area (Å²) in [6.45, 7) is 17.7. The Morgan fingerprint density at radius 1 is 0.760 bits per heavy atom. The van der Waals surface area contributed by atoms with Crippen LogP contribution in [0.25, 0.3) is 11.1 Å². The summed E-state index contributed by atoms with van der Waals surface area (Å²) in [4.78, 5) is 0. The summed E-state index contributed by atoms with van der Waals surface area (Å²) in [5, 5.41) is 0. The lowest BCUT2D eigenvalue weighted by Crippen LogP contribution is -2.39. The molecule has 0 aliphatic heterocycles. The monoisotopic (exact) mass is 366 g/mol. The third kappa shape index (κ3) is 4.17. The molecule has 134 valence electrons. The lowest BCUT2D eigenvalue weighted by Gasteiger charge is -2.40. The zero-order valence-electron chi connectivity index (χ0n) is 17.2. The molecule has 0 spiro atoms. The van der Waals surface area contributed by atoms with Crippen LogP contribution in [-0.2, 0) is 11.8 Å². The molecular weight excluding hydrogens is 332 g/mol. The van der Waals surface area contributed by atoms with Gasteiger partial charge in [0.15, 0.2) is 0 Å². The van der Waals surface area contributed by atoms with E-state index in [2.05, 4.69) is 88.7 Å². The molecular formula is C23H34Si2. The smallest absolute Gasteiger partial charge is 0.0451 e. The minimum Gasteiger partial charge on any atom is -0.0695 e. The average Bonchev–Trinajstić information content (AvgIpc) is 2.80. The second-order valence-corrected chi connectivity index (χ2v) is 21.7. The summed E-state index contributed by atoms with van der Waals surface area (Å²) in [5.41, 5.74) is 7.86. The molecule has 0 bridgehead atoms. The van der Waals surface area contributed by atoms with Gasteiger partial charge in [-0.05, 0) is 51.7 Å². The normalized spacial score (nSPS) is 14.4. The Bertz CT molecular complexity index is 759. The van der Waals surface area contributed by atoms with Gasteiger partial charge in [-0.1, -0.05) is 88.7 Å². The van der Waals surface area contributed by atoms with Crippen LogP contribution < -0.4 is 0 Å². The zero-order chi connectivity index (χ0) is 18.5. The molecule has 0 saturated carbocycles. The second-order valence-electron chi connectivity index (χ2n) is 10.7. The van der Waals surface area contributed by atoms with Crippen LogP contribution in [0.5, 0.6) is 0 Å². The molecule has 0 unspecified atom stereocenters. The predicted octanol–water partition coefficient (Wildman–Crippen LogP) is 7.19. The fourth-order valence-corrected chi connectivity index (χ4v) is 10.7. The highest BCUT2D eigenvalue weighted by atomic mass is 28.3. The van der Waals surface area contributed by atoms with Gasteiger partial charge in [0.05, 0.1) is 0 Å². The van der Waals surface area contributed by atoms with E-state index in [1.54, 1.807) is 5.56 Å². The van der Waals surface area contributed by atoms with Gasteiger partial charge in [-0.3, -0.25) is 0 Å². The van der Waals surface area contributed by atoms with E-state index in [9.17, 15) is 0 Å². The summed E-state index contributed by atoms with van der Waals surface area (Å²) in [5.74, 6) is 0. The highest BCUT2D eigenvalue weighted by molar-refractivity contribution is 6.78. The van der Waals surface area contributed by atoms with E-state index in [1.165, 1.54) is 34.3 Å². The Labute approximate surface area is 156 Å². The fourth-order valence-electron chi connectivity index (χ4n) is 5.13. The minimum absolute atomic E-state index is 0.332.